The van der Waals surface area contributed by atoms with Crippen LogP contribution in [-0.2, 0) is 6.54 Å². The van der Waals surface area contributed by atoms with Crippen molar-refractivity contribution in [1.82, 2.24) is 20.2 Å². The Labute approximate surface area is 124 Å². The average Bonchev–Trinajstić information content (AvgIpc) is 2.95. The third kappa shape index (κ3) is 3.14. The molecular formula is C16H22N4O. The normalized spacial score (nSPS) is 19.4. The summed E-state index contributed by atoms with van der Waals surface area (Å²) in [5.74, 6) is 0.708. The number of benzene rings is 1. The molecule has 1 saturated heterocycles. The van der Waals surface area contributed by atoms with Gasteiger partial charge in [0.1, 0.15) is 5.82 Å². The maximum atomic E-state index is 12.0. The van der Waals surface area contributed by atoms with Crippen LogP contribution in [0.5, 0.6) is 0 Å². The Bertz CT molecular complexity index is 667. The van der Waals surface area contributed by atoms with Gasteiger partial charge in [-0.05, 0) is 38.1 Å². The van der Waals surface area contributed by atoms with Crippen molar-refractivity contribution in [2.45, 2.75) is 32.4 Å². The first kappa shape index (κ1) is 14.2. The number of likely N-dealkylation sites (tertiary alicyclic amines) is 1. The molecule has 5 nitrogen and oxygen atoms in total. The van der Waals surface area contributed by atoms with Crippen LogP contribution in [0.25, 0.3) is 10.9 Å². The molecule has 1 aliphatic heterocycles. The Morgan fingerprint density at radius 3 is 3.14 bits per heavy atom. The fourth-order valence-corrected chi connectivity index (χ4v) is 3.12. The molecule has 1 aromatic carbocycles. The van der Waals surface area contributed by atoms with E-state index in [1.54, 1.807) is 6.07 Å². The van der Waals surface area contributed by atoms with Crippen LogP contribution in [0.15, 0.2) is 29.1 Å². The van der Waals surface area contributed by atoms with Crippen LogP contribution in [0.2, 0.25) is 0 Å². The van der Waals surface area contributed by atoms with Gasteiger partial charge in [0, 0.05) is 12.6 Å². The van der Waals surface area contributed by atoms with Crippen LogP contribution < -0.4 is 10.9 Å². The Kier molecular flexibility index (Phi) is 4.31. The minimum atomic E-state index is -0.0616. The SMILES string of the molecule is CCN1CCCC1CNCc1nc2ccccc2c(=O)[nH]1. The lowest BCUT2D eigenvalue weighted by Gasteiger charge is -2.22. The zero-order valence-electron chi connectivity index (χ0n) is 12.4. The summed E-state index contributed by atoms with van der Waals surface area (Å²) in [6.07, 6.45) is 2.54. The maximum absolute atomic E-state index is 12.0. The molecule has 0 radical (unpaired) electrons. The number of H-pyrrole nitrogens is 1. The summed E-state index contributed by atoms with van der Waals surface area (Å²) in [6, 6.07) is 8.06. The summed E-state index contributed by atoms with van der Waals surface area (Å²) in [6.45, 7) is 6.07. The second-order valence-corrected chi connectivity index (χ2v) is 5.59. The van der Waals surface area contributed by atoms with E-state index in [4.69, 9.17) is 0 Å². The second kappa shape index (κ2) is 6.37. The number of para-hydroxylation sites is 1. The third-order valence-electron chi connectivity index (χ3n) is 4.24. The first-order valence-corrected chi connectivity index (χ1v) is 7.70. The van der Waals surface area contributed by atoms with Gasteiger partial charge in [0.15, 0.2) is 0 Å². The predicted molar refractivity (Wildman–Crippen MR) is 84.3 cm³/mol. The molecule has 1 aromatic heterocycles. The molecule has 2 N–H and O–H groups in total. The molecule has 5 heteroatoms. The van der Waals surface area contributed by atoms with E-state index in [0.717, 1.165) is 18.6 Å². The van der Waals surface area contributed by atoms with Gasteiger partial charge in [-0.3, -0.25) is 9.69 Å². The molecule has 1 aliphatic rings. The summed E-state index contributed by atoms with van der Waals surface area (Å²) in [5, 5.41) is 4.07. The van der Waals surface area contributed by atoms with Crippen LogP contribution in [-0.4, -0.2) is 40.5 Å². The van der Waals surface area contributed by atoms with Gasteiger partial charge in [-0.2, -0.15) is 0 Å². The quantitative estimate of drug-likeness (QED) is 0.874. The monoisotopic (exact) mass is 286 g/mol. The highest BCUT2D eigenvalue weighted by molar-refractivity contribution is 5.77. The molecule has 1 atom stereocenters. The first-order valence-electron chi connectivity index (χ1n) is 7.70. The maximum Gasteiger partial charge on any atom is 0.258 e. The van der Waals surface area contributed by atoms with Gasteiger partial charge >= 0.3 is 0 Å². The molecular weight excluding hydrogens is 264 g/mol. The lowest BCUT2D eigenvalue weighted by molar-refractivity contribution is 0.259. The second-order valence-electron chi connectivity index (χ2n) is 5.59. The van der Waals surface area contributed by atoms with Crippen molar-refractivity contribution in [1.29, 1.82) is 0 Å². The molecule has 2 aromatic rings. The average molecular weight is 286 g/mol. The largest absolute Gasteiger partial charge is 0.309 e. The van der Waals surface area contributed by atoms with Crippen molar-refractivity contribution in [3.8, 4) is 0 Å². The predicted octanol–water partition coefficient (Wildman–Crippen LogP) is 1.50. The van der Waals surface area contributed by atoms with Gasteiger partial charge < -0.3 is 10.3 Å². The molecule has 0 aliphatic carbocycles. The molecule has 1 fully saturated rings. The van der Waals surface area contributed by atoms with Crippen molar-refractivity contribution in [2.24, 2.45) is 0 Å². The summed E-state index contributed by atoms with van der Waals surface area (Å²) in [7, 11) is 0. The van der Waals surface area contributed by atoms with Gasteiger partial charge in [0.25, 0.3) is 5.56 Å². The fraction of sp³-hybridized carbons (Fsp3) is 0.500. The van der Waals surface area contributed by atoms with Gasteiger partial charge in [-0.15, -0.1) is 0 Å². The smallest absolute Gasteiger partial charge is 0.258 e. The summed E-state index contributed by atoms with van der Waals surface area (Å²) in [5.41, 5.74) is 0.697. The van der Waals surface area contributed by atoms with Crippen molar-refractivity contribution in [2.75, 3.05) is 19.6 Å². The number of likely N-dealkylation sites (N-methyl/N-ethyl adjacent to an activating group) is 1. The van der Waals surface area contributed by atoms with E-state index in [-0.39, 0.29) is 5.56 Å². The Balaban J connectivity index is 1.64. The van der Waals surface area contributed by atoms with Crippen molar-refractivity contribution >= 4 is 10.9 Å². The van der Waals surface area contributed by atoms with E-state index in [1.807, 2.05) is 18.2 Å². The number of fused-ring (bicyclic) bond motifs is 1. The lowest BCUT2D eigenvalue weighted by atomic mass is 10.2. The van der Waals surface area contributed by atoms with Crippen LogP contribution in [0.4, 0.5) is 0 Å². The standard InChI is InChI=1S/C16H22N4O/c1-2-20-9-5-6-12(20)10-17-11-15-18-14-8-4-3-7-13(14)16(21)19-15/h3-4,7-8,12,17H,2,5-6,9-11H2,1H3,(H,18,19,21). The van der Waals surface area contributed by atoms with Gasteiger partial charge in [-0.25, -0.2) is 4.98 Å². The molecule has 2 heterocycles. The number of nitrogens with zero attached hydrogens (tertiary/aromatic N) is 2. The highest BCUT2D eigenvalue weighted by atomic mass is 16.1. The molecule has 0 saturated carbocycles. The Morgan fingerprint density at radius 2 is 2.29 bits per heavy atom. The van der Waals surface area contributed by atoms with Crippen molar-refractivity contribution in [3.05, 3.63) is 40.4 Å². The van der Waals surface area contributed by atoms with Gasteiger partial charge in [0.2, 0.25) is 0 Å². The highest BCUT2D eigenvalue weighted by Crippen LogP contribution is 2.15. The molecule has 0 spiro atoms. The number of rotatable bonds is 5. The minimum Gasteiger partial charge on any atom is -0.309 e. The number of aromatic nitrogens is 2. The zero-order chi connectivity index (χ0) is 14.7. The molecule has 1 unspecified atom stereocenters. The summed E-state index contributed by atoms with van der Waals surface area (Å²) < 4.78 is 0. The van der Waals surface area contributed by atoms with E-state index in [1.165, 1.54) is 19.4 Å². The number of hydrogen-bond acceptors (Lipinski definition) is 4. The highest BCUT2D eigenvalue weighted by Gasteiger charge is 2.22. The van der Waals surface area contributed by atoms with Gasteiger partial charge in [0.05, 0.1) is 17.4 Å². The van der Waals surface area contributed by atoms with Crippen molar-refractivity contribution < 1.29 is 0 Å². The molecule has 21 heavy (non-hydrogen) atoms. The van der Waals surface area contributed by atoms with Crippen molar-refractivity contribution in [3.63, 3.8) is 0 Å². The van der Waals surface area contributed by atoms with E-state index in [9.17, 15) is 4.79 Å². The van der Waals surface area contributed by atoms with Crippen LogP contribution in [0.3, 0.4) is 0 Å². The summed E-state index contributed by atoms with van der Waals surface area (Å²) >= 11 is 0. The van der Waals surface area contributed by atoms with E-state index < -0.39 is 0 Å². The molecule has 3 rings (SSSR count). The zero-order valence-corrected chi connectivity index (χ0v) is 12.4. The number of nitrogens with one attached hydrogen (secondary N) is 2. The van der Waals surface area contributed by atoms with E-state index >= 15 is 0 Å². The van der Waals surface area contributed by atoms with E-state index in [2.05, 4.69) is 27.1 Å². The molecule has 112 valence electrons. The minimum absolute atomic E-state index is 0.0616. The number of aromatic amines is 1. The first-order chi connectivity index (χ1) is 10.3. The van der Waals surface area contributed by atoms with Crippen LogP contribution in [0, 0.1) is 0 Å². The Hall–Kier alpha value is -1.72. The third-order valence-corrected chi connectivity index (χ3v) is 4.24. The van der Waals surface area contributed by atoms with Crippen LogP contribution >= 0.6 is 0 Å². The molecule has 0 bridgehead atoms. The fourth-order valence-electron chi connectivity index (χ4n) is 3.12. The number of hydrogen-bond donors (Lipinski definition) is 2. The lowest BCUT2D eigenvalue weighted by Crippen LogP contribution is -2.37. The van der Waals surface area contributed by atoms with Crippen LogP contribution in [0.1, 0.15) is 25.6 Å². The van der Waals surface area contributed by atoms with E-state index in [0.29, 0.717) is 23.8 Å². The Morgan fingerprint density at radius 1 is 1.43 bits per heavy atom. The molecule has 0 amide bonds. The summed E-state index contributed by atoms with van der Waals surface area (Å²) in [4.78, 5) is 21.9. The topological polar surface area (TPSA) is 61.0 Å². The van der Waals surface area contributed by atoms with Gasteiger partial charge in [-0.1, -0.05) is 19.1 Å².